The summed E-state index contributed by atoms with van der Waals surface area (Å²) in [4.78, 5) is 12.1. The van der Waals surface area contributed by atoms with Crippen LogP contribution in [-0.4, -0.2) is 25.8 Å². The Labute approximate surface area is 206 Å². The lowest BCUT2D eigenvalue weighted by Gasteiger charge is -2.08. The number of thioether (sulfide) groups is 1. The molecule has 0 fully saturated rings. The standard InChI is InChI=1S/C26H22ClN3O3S/c1-2-30-24(20-10-12-21(27)13-11-20)28-29-26(30)34-23(25(31)32)16-18-8-14-22(15-9-18)33-17-19-6-4-3-5-7-19/h3-16H,2,17H2,1H3,(H,31,32)/b23-16-. The molecule has 172 valence electrons. The highest BCUT2D eigenvalue weighted by molar-refractivity contribution is 8.04. The van der Waals surface area contributed by atoms with Crippen LogP contribution < -0.4 is 4.74 Å². The van der Waals surface area contributed by atoms with Crippen molar-refractivity contribution in [2.45, 2.75) is 25.2 Å². The molecule has 3 aromatic carbocycles. The summed E-state index contributed by atoms with van der Waals surface area (Å²) in [6.07, 6.45) is 1.62. The van der Waals surface area contributed by atoms with Gasteiger partial charge in [0.1, 0.15) is 17.3 Å². The number of hydrogen-bond acceptors (Lipinski definition) is 5. The summed E-state index contributed by atoms with van der Waals surface area (Å²) < 4.78 is 7.69. The third-order valence-corrected chi connectivity index (χ3v) is 6.22. The van der Waals surface area contributed by atoms with Crippen molar-refractivity contribution < 1.29 is 14.6 Å². The van der Waals surface area contributed by atoms with E-state index in [0.717, 1.165) is 28.5 Å². The zero-order valence-electron chi connectivity index (χ0n) is 18.4. The Morgan fingerprint density at radius 3 is 2.38 bits per heavy atom. The third-order valence-electron chi connectivity index (χ3n) is 4.97. The van der Waals surface area contributed by atoms with Gasteiger partial charge in [0.25, 0.3) is 0 Å². The van der Waals surface area contributed by atoms with Gasteiger partial charge in [-0.2, -0.15) is 0 Å². The summed E-state index contributed by atoms with van der Waals surface area (Å²) in [5.41, 5.74) is 2.68. The summed E-state index contributed by atoms with van der Waals surface area (Å²) in [5.74, 6) is 0.336. The fourth-order valence-electron chi connectivity index (χ4n) is 3.25. The molecule has 1 N–H and O–H groups in total. The van der Waals surface area contributed by atoms with Crippen molar-refractivity contribution in [3.05, 3.63) is 99.9 Å². The molecule has 6 nitrogen and oxygen atoms in total. The van der Waals surface area contributed by atoms with E-state index in [4.69, 9.17) is 16.3 Å². The molecular weight excluding hydrogens is 470 g/mol. The summed E-state index contributed by atoms with van der Waals surface area (Å²) in [5, 5.41) is 19.4. The van der Waals surface area contributed by atoms with Crippen molar-refractivity contribution >= 4 is 35.4 Å². The maximum Gasteiger partial charge on any atom is 0.342 e. The van der Waals surface area contributed by atoms with Crippen LogP contribution in [0.3, 0.4) is 0 Å². The van der Waals surface area contributed by atoms with Crippen LogP contribution in [0, 0.1) is 0 Å². The van der Waals surface area contributed by atoms with Crippen molar-refractivity contribution in [3.8, 4) is 17.1 Å². The zero-order chi connectivity index (χ0) is 23.9. The molecule has 4 aromatic rings. The Balaban J connectivity index is 1.51. The first-order valence-electron chi connectivity index (χ1n) is 10.6. The fraction of sp³-hybridized carbons (Fsp3) is 0.115. The number of carboxylic acid groups (broad SMARTS) is 1. The molecule has 0 spiro atoms. The van der Waals surface area contributed by atoms with Crippen LogP contribution in [0.4, 0.5) is 0 Å². The topological polar surface area (TPSA) is 77.2 Å². The van der Waals surface area contributed by atoms with Crippen LogP contribution in [0.5, 0.6) is 5.75 Å². The molecule has 0 bridgehead atoms. The molecular formula is C26H22ClN3O3S. The number of nitrogens with zero attached hydrogens (tertiary/aromatic N) is 3. The van der Waals surface area contributed by atoms with Crippen molar-refractivity contribution in [2.24, 2.45) is 0 Å². The number of hydrogen-bond donors (Lipinski definition) is 1. The highest BCUT2D eigenvalue weighted by atomic mass is 35.5. The average molecular weight is 492 g/mol. The second kappa shape index (κ2) is 11.0. The monoisotopic (exact) mass is 491 g/mol. The van der Waals surface area contributed by atoms with Crippen LogP contribution in [0.1, 0.15) is 18.1 Å². The number of ether oxygens (including phenoxy) is 1. The van der Waals surface area contributed by atoms with Crippen molar-refractivity contribution in [1.29, 1.82) is 0 Å². The predicted octanol–water partition coefficient (Wildman–Crippen LogP) is 6.42. The maximum absolute atomic E-state index is 12.0. The molecule has 8 heteroatoms. The first-order chi connectivity index (χ1) is 16.5. The summed E-state index contributed by atoms with van der Waals surface area (Å²) in [6.45, 7) is 3.02. The summed E-state index contributed by atoms with van der Waals surface area (Å²) in [7, 11) is 0. The first-order valence-corrected chi connectivity index (χ1v) is 11.8. The van der Waals surface area contributed by atoms with Crippen LogP contribution in [0.15, 0.2) is 88.9 Å². The van der Waals surface area contributed by atoms with Gasteiger partial charge in [-0.05, 0) is 72.3 Å². The molecule has 0 aliphatic carbocycles. The molecule has 0 saturated heterocycles. The normalized spacial score (nSPS) is 11.4. The molecule has 34 heavy (non-hydrogen) atoms. The minimum Gasteiger partial charge on any atom is -0.489 e. The Hall–Kier alpha value is -3.55. The number of halogens is 1. The largest absolute Gasteiger partial charge is 0.489 e. The molecule has 0 atom stereocenters. The summed E-state index contributed by atoms with van der Waals surface area (Å²) >= 11 is 7.05. The molecule has 0 aliphatic heterocycles. The Morgan fingerprint density at radius 2 is 1.74 bits per heavy atom. The lowest BCUT2D eigenvalue weighted by molar-refractivity contribution is -0.131. The maximum atomic E-state index is 12.0. The van der Waals surface area contributed by atoms with Crippen molar-refractivity contribution in [1.82, 2.24) is 14.8 Å². The number of carbonyl (C=O) groups is 1. The number of benzene rings is 3. The number of aromatic nitrogens is 3. The van der Waals surface area contributed by atoms with Gasteiger partial charge in [0.05, 0.1) is 0 Å². The van der Waals surface area contributed by atoms with Crippen LogP contribution >= 0.6 is 23.4 Å². The van der Waals surface area contributed by atoms with Crippen LogP contribution in [0.25, 0.3) is 17.5 Å². The van der Waals surface area contributed by atoms with E-state index in [-0.39, 0.29) is 4.91 Å². The lowest BCUT2D eigenvalue weighted by Crippen LogP contribution is -2.02. The Morgan fingerprint density at radius 1 is 1.03 bits per heavy atom. The Kier molecular flexibility index (Phi) is 7.67. The SMILES string of the molecule is CCn1c(S/C(=C\c2ccc(OCc3ccccc3)cc2)C(=O)O)nnc1-c1ccc(Cl)cc1. The van der Waals surface area contributed by atoms with Crippen molar-refractivity contribution in [3.63, 3.8) is 0 Å². The fourth-order valence-corrected chi connectivity index (χ4v) is 4.26. The van der Waals surface area contributed by atoms with Crippen molar-refractivity contribution in [2.75, 3.05) is 0 Å². The smallest absolute Gasteiger partial charge is 0.342 e. The molecule has 0 aliphatic rings. The molecule has 0 unspecified atom stereocenters. The van der Waals surface area contributed by atoms with Gasteiger partial charge in [-0.3, -0.25) is 0 Å². The number of aliphatic carboxylic acids is 1. The molecule has 1 heterocycles. The molecule has 1 aromatic heterocycles. The second-order valence-corrected chi connectivity index (χ2v) is 8.76. The van der Waals surface area contributed by atoms with Gasteiger partial charge in [0.2, 0.25) is 0 Å². The van der Waals surface area contributed by atoms with Crippen LogP contribution in [0.2, 0.25) is 5.02 Å². The third kappa shape index (κ3) is 5.87. The predicted molar refractivity (Wildman–Crippen MR) is 135 cm³/mol. The molecule has 0 radical (unpaired) electrons. The van der Waals surface area contributed by atoms with Gasteiger partial charge in [-0.15, -0.1) is 10.2 Å². The summed E-state index contributed by atoms with van der Waals surface area (Å²) in [6, 6.07) is 24.5. The van der Waals surface area contributed by atoms with Gasteiger partial charge in [0, 0.05) is 17.1 Å². The van der Waals surface area contributed by atoms with E-state index >= 15 is 0 Å². The van der Waals surface area contributed by atoms with Gasteiger partial charge in [-0.25, -0.2) is 4.79 Å². The van der Waals surface area contributed by atoms with Gasteiger partial charge in [-0.1, -0.05) is 54.1 Å². The van der Waals surface area contributed by atoms with Crippen LogP contribution in [-0.2, 0) is 17.9 Å². The molecule has 4 rings (SSSR count). The lowest BCUT2D eigenvalue weighted by atomic mass is 10.2. The van der Waals surface area contributed by atoms with E-state index in [1.165, 1.54) is 0 Å². The van der Waals surface area contributed by atoms with E-state index in [2.05, 4.69) is 10.2 Å². The van der Waals surface area contributed by atoms with Gasteiger partial charge >= 0.3 is 5.97 Å². The highest BCUT2D eigenvalue weighted by Gasteiger charge is 2.18. The minimum atomic E-state index is -1.03. The zero-order valence-corrected chi connectivity index (χ0v) is 20.0. The van der Waals surface area contributed by atoms with E-state index in [1.807, 2.05) is 78.2 Å². The van der Waals surface area contributed by atoms with E-state index in [0.29, 0.717) is 34.9 Å². The average Bonchev–Trinajstić information content (AvgIpc) is 3.26. The highest BCUT2D eigenvalue weighted by Crippen LogP contribution is 2.31. The first kappa shape index (κ1) is 23.6. The number of carboxylic acids is 1. The molecule has 0 amide bonds. The van der Waals surface area contributed by atoms with E-state index in [9.17, 15) is 9.90 Å². The van der Waals surface area contributed by atoms with Gasteiger partial charge in [0.15, 0.2) is 11.0 Å². The Bertz CT molecular complexity index is 1290. The van der Waals surface area contributed by atoms with Gasteiger partial charge < -0.3 is 14.4 Å². The minimum absolute atomic E-state index is 0.141. The quantitative estimate of drug-likeness (QED) is 0.215. The number of rotatable bonds is 9. The van der Waals surface area contributed by atoms with E-state index < -0.39 is 5.97 Å². The second-order valence-electron chi connectivity index (χ2n) is 7.32. The van der Waals surface area contributed by atoms with E-state index in [1.54, 1.807) is 18.2 Å². The molecule has 0 saturated carbocycles.